The second-order valence-corrected chi connectivity index (χ2v) is 7.81. The van der Waals surface area contributed by atoms with Crippen molar-refractivity contribution < 1.29 is 14.3 Å². The van der Waals surface area contributed by atoms with Crippen LogP contribution in [-0.2, 0) is 17.8 Å². The molecule has 0 fully saturated rings. The van der Waals surface area contributed by atoms with Crippen molar-refractivity contribution in [3.05, 3.63) is 95.2 Å². The van der Waals surface area contributed by atoms with E-state index in [1.165, 1.54) is 11.1 Å². The molecule has 1 aliphatic heterocycles. The Morgan fingerprint density at radius 3 is 2.78 bits per heavy atom. The van der Waals surface area contributed by atoms with Crippen molar-refractivity contribution in [3.8, 4) is 11.5 Å². The summed E-state index contributed by atoms with van der Waals surface area (Å²) in [7, 11) is 0. The largest absolute Gasteiger partial charge is 0.454 e. The van der Waals surface area contributed by atoms with Crippen molar-refractivity contribution in [3.63, 3.8) is 0 Å². The summed E-state index contributed by atoms with van der Waals surface area (Å²) in [4.78, 5) is 12.3. The minimum absolute atomic E-state index is 0.191. The Bertz CT molecular complexity index is 1320. The number of fused-ring (bicyclic) bond motifs is 2. The SMILES string of the molecule is Cc1ccccc1Cn1cc(/C=N\NC(=O)Cc2ccc3c(c2)OCO3)c2ccccc21. The number of ether oxygens (including phenoxy) is 2. The highest BCUT2D eigenvalue weighted by Crippen LogP contribution is 2.32. The molecule has 160 valence electrons. The third-order valence-corrected chi connectivity index (χ3v) is 5.62. The van der Waals surface area contributed by atoms with Gasteiger partial charge in [0.05, 0.1) is 12.6 Å². The van der Waals surface area contributed by atoms with Gasteiger partial charge in [-0.1, -0.05) is 48.5 Å². The molecule has 6 heteroatoms. The van der Waals surface area contributed by atoms with E-state index in [2.05, 4.69) is 64.6 Å². The first kappa shape index (κ1) is 19.9. The van der Waals surface area contributed by atoms with Gasteiger partial charge >= 0.3 is 0 Å². The molecule has 0 spiro atoms. The molecule has 3 aromatic carbocycles. The molecule has 32 heavy (non-hydrogen) atoms. The summed E-state index contributed by atoms with van der Waals surface area (Å²) in [6.07, 6.45) is 3.99. The van der Waals surface area contributed by atoms with E-state index in [4.69, 9.17) is 9.47 Å². The van der Waals surface area contributed by atoms with Crippen LogP contribution in [0.3, 0.4) is 0 Å². The lowest BCUT2D eigenvalue weighted by Crippen LogP contribution is -2.19. The Hall–Kier alpha value is -4.06. The van der Waals surface area contributed by atoms with E-state index in [-0.39, 0.29) is 19.1 Å². The Morgan fingerprint density at radius 2 is 1.88 bits per heavy atom. The molecule has 0 atom stereocenters. The maximum absolute atomic E-state index is 12.3. The van der Waals surface area contributed by atoms with Crippen molar-refractivity contribution in [2.75, 3.05) is 6.79 Å². The fraction of sp³-hybridized carbons (Fsp3) is 0.154. The van der Waals surface area contributed by atoms with E-state index in [1.807, 2.05) is 30.3 Å². The van der Waals surface area contributed by atoms with Crippen LogP contribution in [0.15, 0.2) is 78.0 Å². The third kappa shape index (κ3) is 4.07. The van der Waals surface area contributed by atoms with Crippen molar-refractivity contribution >= 4 is 23.0 Å². The second kappa shape index (κ2) is 8.59. The van der Waals surface area contributed by atoms with Gasteiger partial charge in [0.25, 0.3) is 0 Å². The van der Waals surface area contributed by atoms with Gasteiger partial charge in [-0.15, -0.1) is 0 Å². The molecular formula is C26H23N3O3. The van der Waals surface area contributed by atoms with Gasteiger partial charge in [0, 0.05) is 29.2 Å². The normalized spacial score (nSPS) is 12.5. The van der Waals surface area contributed by atoms with Crippen molar-refractivity contribution in [1.29, 1.82) is 0 Å². The van der Waals surface area contributed by atoms with E-state index in [0.29, 0.717) is 11.5 Å². The highest BCUT2D eigenvalue weighted by molar-refractivity contribution is 5.99. The van der Waals surface area contributed by atoms with Crippen LogP contribution >= 0.6 is 0 Å². The van der Waals surface area contributed by atoms with Gasteiger partial charge in [-0.3, -0.25) is 4.79 Å². The number of aryl methyl sites for hydroxylation is 1. The van der Waals surface area contributed by atoms with E-state index < -0.39 is 0 Å². The fourth-order valence-electron chi connectivity index (χ4n) is 3.93. The summed E-state index contributed by atoms with van der Waals surface area (Å²) in [5.41, 5.74) is 8.09. The Balaban J connectivity index is 1.30. The molecule has 0 bridgehead atoms. The highest BCUT2D eigenvalue weighted by atomic mass is 16.7. The highest BCUT2D eigenvalue weighted by Gasteiger charge is 2.14. The van der Waals surface area contributed by atoms with Gasteiger partial charge < -0.3 is 14.0 Å². The zero-order chi connectivity index (χ0) is 21.9. The van der Waals surface area contributed by atoms with Crippen LogP contribution in [-0.4, -0.2) is 23.5 Å². The zero-order valence-corrected chi connectivity index (χ0v) is 17.7. The molecule has 5 rings (SSSR count). The molecule has 0 saturated heterocycles. The number of carbonyl (C=O) groups excluding carboxylic acids is 1. The van der Waals surface area contributed by atoms with Crippen LogP contribution < -0.4 is 14.9 Å². The van der Waals surface area contributed by atoms with Gasteiger partial charge in [0.15, 0.2) is 11.5 Å². The van der Waals surface area contributed by atoms with Crippen LogP contribution in [0.4, 0.5) is 0 Å². The molecule has 1 N–H and O–H groups in total. The molecule has 0 saturated carbocycles. The lowest BCUT2D eigenvalue weighted by Gasteiger charge is -2.08. The standard InChI is InChI=1S/C26H23N3O3/c1-18-6-2-3-7-20(18)15-29-16-21(22-8-4-5-9-23(22)29)14-27-28-26(30)13-19-10-11-24-25(12-19)32-17-31-24/h2-12,14,16H,13,15,17H2,1H3,(H,28,30)/b27-14-. The predicted octanol–water partition coefficient (Wildman–Crippen LogP) is 4.42. The van der Waals surface area contributed by atoms with Crippen molar-refractivity contribution in [1.82, 2.24) is 9.99 Å². The van der Waals surface area contributed by atoms with Crippen LogP contribution in [0.2, 0.25) is 0 Å². The van der Waals surface area contributed by atoms with Crippen LogP contribution in [0.25, 0.3) is 10.9 Å². The lowest BCUT2D eigenvalue weighted by molar-refractivity contribution is -0.120. The summed E-state index contributed by atoms with van der Waals surface area (Å²) in [5, 5.41) is 5.30. The van der Waals surface area contributed by atoms with E-state index >= 15 is 0 Å². The average molecular weight is 425 g/mol. The number of aromatic nitrogens is 1. The Morgan fingerprint density at radius 1 is 1.06 bits per heavy atom. The molecule has 6 nitrogen and oxygen atoms in total. The number of para-hydroxylation sites is 1. The minimum Gasteiger partial charge on any atom is -0.454 e. The second-order valence-electron chi connectivity index (χ2n) is 7.81. The quantitative estimate of drug-likeness (QED) is 0.367. The number of hydrogen-bond donors (Lipinski definition) is 1. The molecule has 0 aliphatic carbocycles. The number of hydrogen-bond acceptors (Lipinski definition) is 4. The molecule has 1 aromatic heterocycles. The number of benzene rings is 3. The molecular weight excluding hydrogens is 402 g/mol. The molecule has 4 aromatic rings. The predicted molar refractivity (Wildman–Crippen MR) is 124 cm³/mol. The number of amides is 1. The number of nitrogens with one attached hydrogen (secondary N) is 1. The number of carbonyl (C=O) groups is 1. The number of hydrazone groups is 1. The van der Waals surface area contributed by atoms with Gasteiger partial charge in [0.1, 0.15) is 0 Å². The summed E-state index contributed by atoms with van der Waals surface area (Å²) in [6, 6.07) is 22.1. The molecule has 0 radical (unpaired) electrons. The van der Waals surface area contributed by atoms with Crippen molar-refractivity contribution in [2.24, 2.45) is 5.10 Å². The first-order valence-corrected chi connectivity index (χ1v) is 10.5. The summed E-state index contributed by atoms with van der Waals surface area (Å²) < 4.78 is 12.9. The monoisotopic (exact) mass is 425 g/mol. The molecule has 1 aliphatic rings. The van der Waals surface area contributed by atoms with Gasteiger partial charge in [-0.05, 0) is 41.8 Å². The molecule has 1 amide bonds. The van der Waals surface area contributed by atoms with Crippen molar-refractivity contribution in [2.45, 2.75) is 19.9 Å². The van der Waals surface area contributed by atoms with E-state index in [9.17, 15) is 4.79 Å². The van der Waals surface area contributed by atoms with Crippen LogP contribution in [0, 0.1) is 6.92 Å². The summed E-state index contributed by atoms with van der Waals surface area (Å²) in [5.74, 6) is 1.18. The molecule has 2 heterocycles. The first-order chi connectivity index (χ1) is 15.7. The third-order valence-electron chi connectivity index (χ3n) is 5.62. The zero-order valence-electron chi connectivity index (χ0n) is 17.7. The average Bonchev–Trinajstić information content (AvgIpc) is 3.40. The lowest BCUT2D eigenvalue weighted by atomic mass is 10.1. The van der Waals surface area contributed by atoms with Crippen LogP contribution in [0.5, 0.6) is 11.5 Å². The maximum Gasteiger partial charge on any atom is 0.244 e. The fourth-order valence-corrected chi connectivity index (χ4v) is 3.93. The Labute approximate surface area is 186 Å². The molecule has 0 unspecified atom stereocenters. The Kier molecular flexibility index (Phi) is 5.34. The van der Waals surface area contributed by atoms with Gasteiger partial charge in [0.2, 0.25) is 12.7 Å². The number of rotatable bonds is 6. The van der Waals surface area contributed by atoms with E-state index in [1.54, 1.807) is 6.21 Å². The maximum atomic E-state index is 12.3. The first-order valence-electron chi connectivity index (χ1n) is 10.5. The number of nitrogens with zero attached hydrogens (tertiary/aromatic N) is 2. The van der Waals surface area contributed by atoms with Gasteiger partial charge in [-0.25, -0.2) is 5.43 Å². The van der Waals surface area contributed by atoms with Crippen LogP contribution in [0.1, 0.15) is 22.3 Å². The summed E-state index contributed by atoms with van der Waals surface area (Å²) >= 11 is 0. The summed E-state index contributed by atoms with van der Waals surface area (Å²) in [6.45, 7) is 3.11. The minimum atomic E-state index is -0.191. The topological polar surface area (TPSA) is 64.9 Å². The van der Waals surface area contributed by atoms with Gasteiger partial charge in [-0.2, -0.15) is 5.10 Å². The van der Waals surface area contributed by atoms with E-state index in [0.717, 1.165) is 28.6 Å². The smallest absolute Gasteiger partial charge is 0.244 e.